The van der Waals surface area contributed by atoms with Crippen molar-refractivity contribution in [2.24, 2.45) is 0 Å². The maximum Gasteiger partial charge on any atom is 0.230 e. The number of benzene rings is 1. The van der Waals surface area contributed by atoms with Crippen molar-refractivity contribution in [2.75, 3.05) is 0 Å². The molecule has 3 heteroatoms. The lowest BCUT2D eigenvalue weighted by Crippen LogP contribution is -2.52. The molecule has 1 heterocycles. The van der Waals surface area contributed by atoms with E-state index in [9.17, 15) is 4.79 Å². The second-order valence-corrected chi connectivity index (χ2v) is 5.34. The van der Waals surface area contributed by atoms with Crippen LogP contribution in [-0.2, 0) is 16.8 Å². The van der Waals surface area contributed by atoms with E-state index >= 15 is 0 Å². The zero-order chi connectivity index (χ0) is 10.5. The summed E-state index contributed by atoms with van der Waals surface area (Å²) in [6.45, 7) is 0.684. The molecular formula is C12H12BrNO. The Morgan fingerprint density at radius 3 is 2.80 bits per heavy atom. The lowest BCUT2D eigenvalue weighted by molar-refractivity contribution is -0.130. The topological polar surface area (TPSA) is 29.1 Å². The number of nitrogens with one attached hydrogen (secondary N) is 1. The minimum atomic E-state index is -0.197. The van der Waals surface area contributed by atoms with Crippen LogP contribution in [0.25, 0.3) is 0 Å². The zero-order valence-electron chi connectivity index (χ0n) is 8.35. The molecule has 1 aromatic rings. The molecule has 0 saturated heterocycles. The molecular weight excluding hydrogens is 254 g/mol. The van der Waals surface area contributed by atoms with Gasteiger partial charge in [0.1, 0.15) is 0 Å². The van der Waals surface area contributed by atoms with E-state index in [0.717, 1.165) is 17.3 Å². The van der Waals surface area contributed by atoms with Gasteiger partial charge in [0.2, 0.25) is 5.91 Å². The molecule has 0 bridgehead atoms. The third kappa shape index (κ3) is 1.19. The minimum absolute atomic E-state index is 0.197. The Balaban J connectivity index is 2.18. The summed E-state index contributed by atoms with van der Waals surface area (Å²) >= 11 is 3.48. The summed E-state index contributed by atoms with van der Waals surface area (Å²) in [5, 5.41) is 3.00. The quantitative estimate of drug-likeness (QED) is 0.768. The van der Waals surface area contributed by atoms with Crippen molar-refractivity contribution in [1.82, 2.24) is 5.32 Å². The molecule has 15 heavy (non-hydrogen) atoms. The number of carbonyl (C=O) groups is 1. The number of hydrogen-bond acceptors (Lipinski definition) is 1. The fourth-order valence-corrected chi connectivity index (χ4v) is 3.00. The van der Waals surface area contributed by atoms with E-state index in [1.54, 1.807) is 0 Å². The lowest BCUT2D eigenvalue weighted by atomic mass is 9.61. The highest BCUT2D eigenvalue weighted by molar-refractivity contribution is 9.10. The number of halogens is 1. The summed E-state index contributed by atoms with van der Waals surface area (Å²) in [5.41, 5.74) is 2.32. The molecule has 0 atom stereocenters. The molecule has 0 aromatic heterocycles. The van der Waals surface area contributed by atoms with Gasteiger partial charge in [-0.3, -0.25) is 4.79 Å². The Kier molecular flexibility index (Phi) is 1.93. The molecule has 1 spiro atoms. The van der Waals surface area contributed by atoms with E-state index < -0.39 is 0 Å². The first-order valence-electron chi connectivity index (χ1n) is 5.30. The van der Waals surface area contributed by atoms with Gasteiger partial charge in [0, 0.05) is 11.0 Å². The SMILES string of the molecule is O=C1NCc2ccc(Br)cc2C12CCC2. The van der Waals surface area contributed by atoms with E-state index in [1.807, 2.05) is 6.07 Å². The molecule has 1 aromatic carbocycles. The number of amides is 1. The number of fused-ring (bicyclic) bond motifs is 2. The van der Waals surface area contributed by atoms with Crippen molar-refractivity contribution in [2.45, 2.75) is 31.2 Å². The van der Waals surface area contributed by atoms with E-state index in [1.165, 1.54) is 17.5 Å². The van der Waals surface area contributed by atoms with E-state index in [-0.39, 0.29) is 11.3 Å². The third-order valence-electron chi connectivity index (χ3n) is 3.67. The highest BCUT2D eigenvalue weighted by Crippen LogP contribution is 2.47. The van der Waals surface area contributed by atoms with Gasteiger partial charge in [0.05, 0.1) is 5.41 Å². The highest BCUT2D eigenvalue weighted by Gasteiger charge is 2.48. The van der Waals surface area contributed by atoms with Crippen LogP contribution in [-0.4, -0.2) is 5.91 Å². The second-order valence-electron chi connectivity index (χ2n) is 4.42. The summed E-state index contributed by atoms with van der Waals surface area (Å²) in [7, 11) is 0. The standard InChI is InChI=1S/C12H12BrNO/c13-9-3-2-8-7-14-11(15)12(4-1-5-12)10(8)6-9/h2-3,6H,1,4-5,7H2,(H,14,15). The Labute approximate surface area is 97.2 Å². The van der Waals surface area contributed by atoms with Crippen LogP contribution in [0.4, 0.5) is 0 Å². The molecule has 0 radical (unpaired) electrons. The Hall–Kier alpha value is -0.830. The molecule has 1 fully saturated rings. The van der Waals surface area contributed by atoms with Crippen LogP contribution < -0.4 is 5.32 Å². The van der Waals surface area contributed by atoms with Gasteiger partial charge in [0.25, 0.3) is 0 Å². The smallest absolute Gasteiger partial charge is 0.230 e. The predicted octanol–water partition coefficient (Wildman–Crippen LogP) is 2.50. The minimum Gasteiger partial charge on any atom is -0.351 e. The molecule has 3 rings (SSSR count). The van der Waals surface area contributed by atoms with Gasteiger partial charge in [-0.15, -0.1) is 0 Å². The van der Waals surface area contributed by atoms with Crippen LogP contribution in [0.15, 0.2) is 22.7 Å². The first-order chi connectivity index (χ1) is 7.22. The summed E-state index contributed by atoms with van der Waals surface area (Å²) in [6.07, 6.45) is 3.17. The van der Waals surface area contributed by atoms with Gasteiger partial charge in [-0.1, -0.05) is 28.4 Å². The summed E-state index contributed by atoms with van der Waals surface area (Å²) in [5.74, 6) is 0.222. The number of carbonyl (C=O) groups excluding carboxylic acids is 1. The van der Waals surface area contributed by atoms with Gasteiger partial charge < -0.3 is 5.32 Å². The Morgan fingerprint density at radius 1 is 1.33 bits per heavy atom. The van der Waals surface area contributed by atoms with Crippen LogP contribution in [0.2, 0.25) is 0 Å². The fraction of sp³-hybridized carbons (Fsp3) is 0.417. The van der Waals surface area contributed by atoms with Gasteiger partial charge in [-0.2, -0.15) is 0 Å². The lowest BCUT2D eigenvalue weighted by Gasteiger charge is -2.44. The summed E-state index contributed by atoms with van der Waals surface area (Å²) in [4.78, 5) is 11.9. The molecule has 1 aliphatic carbocycles. The van der Waals surface area contributed by atoms with Crippen LogP contribution >= 0.6 is 15.9 Å². The van der Waals surface area contributed by atoms with Crippen molar-refractivity contribution in [3.63, 3.8) is 0 Å². The van der Waals surface area contributed by atoms with E-state index in [2.05, 4.69) is 33.4 Å². The monoisotopic (exact) mass is 265 g/mol. The maximum atomic E-state index is 11.9. The molecule has 1 N–H and O–H groups in total. The Morgan fingerprint density at radius 2 is 2.13 bits per heavy atom. The average molecular weight is 266 g/mol. The molecule has 78 valence electrons. The normalized spacial score (nSPS) is 21.8. The first kappa shape index (κ1) is 9.40. The van der Waals surface area contributed by atoms with Crippen LogP contribution in [0.5, 0.6) is 0 Å². The molecule has 2 nitrogen and oxygen atoms in total. The molecule has 2 aliphatic rings. The van der Waals surface area contributed by atoms with Crippen molar-refractivity contribution in [3.8, 4) is 0 Å². The van der Waals surface area contributed by atoms with Crippen molar-refractivity contribution in [3.05, 3.63) is 33.8 Å². The molecule has 1 saturated carbocycles. The third-order valence-corrected chi connectivity index (χ3v) is 4.16. The predicted molar refractivity (Wildman–Crippen MR) is 61.5 cm³/mol. The zero-order valence-corrected chi connectivity index (χ0v) is 9.93. The van der Waals surface area contributed by atoms with Crippen LogP contribution in [0, 0.1) is 0 Å². The van der Waals surface area contributed by atoms with Crippen molar-refractivity contribution < 1.29 is 4.79 Å². The Bertz CT molecular complexity index is 437. The van der Waals surface area contributed by atoms with Gasteiger partial charge in [-0.05, 0) is 36.1 Å². The van der Waals surface area contributed by atoms with Crippen LogP contribution in [0.3, 0.4) is 0 Å². The molecule has 0 unspecified atom stereocenters. The summed E-state index contributed by atoms with van der Waals surface area (Å²) < 4.78 is 1.07. The molecule has 1 aliphatic heterocycles. The van der Waals surface area contributed by atoms with Crippen molar-refractivity contribution >= 4 is 21.8 Å². The fourth-order valence-electron chi connectivity index (χ4n) is 2.64. The van der Waals surface area contributed by atoms with Gasteiger partial charge in [-0.25, -0.2) is 0 Å². The van der Waals surface area contributed by atoms with Crippen LogP contribution in [0.1, 0.15) is 30.4 Å². The van der Waals surface area contributed by atoms with Gasteiger partial charge in [0.15, 0.2) is 0 Å². The second kappa shape index (κ2) is 3.08. The summed E-state index contributed by atoms with van der Waals surface area (Å²) in [6, 6.07) is 6.27. The van der Waals surface area contributed by atoms with Gasteiger partial charge >= 0.3 is 0 Å². The van der Waals surface area contributed by atoms with E-state index in [0.29, 0.717) is 6.54 Å². The maximum absolute atomic E-state index is 11.9. The first-order valence-corrected chi connectivity index (χ1v) is 6.09. The van der Waals surface area contributed by atoms with E-state index in [4.69, 9.17) is 0 Å². The van der Waals surface area contributed by atoms with Crippen molar-refractivity contribution in [1.29, 1.82) is 0 Å². The largest absolute Gasteiger partial charge is 0.351 e. The molecule has 1 amide bonds. The average Bonchev–Trinajstić information content (AvgIpc) is 2.14. The highest BCUT2D eigenvalue weighted by atomic mass is 79.9. The number of rotatable bonds is 0. The number of hydrogen-bond donors (Lipinski definition) is 1.